The zero-order valence-corrected chi connectivity index (χ0v) is 10.3. The Bertz CT molecular complexity index is 647. The molecule has 2 aromatic rings. The summed E-state index contributed by atoms with van der Waals surface area (Å²) in [6, 6.07) is 14.6. The molecule has 0 unspecified atom stereocenters. The van der Waals surface area contributed by atoms with Gasteiger partial charge in [0.25, 0.3) is 5.91 Å². The van der Waals surface area contributed by atoms with Crippen LogP contribution in [0, 0.1) is 0 Å². The average molecular weight is 251 g/mol. The summed E-state index contributed by atoms with van der Waals surface area (Å²) in [5.74, 6) is 0.0263. The van der Waals surface area contributed by atoms with Crippen molar-refractivity contribution < 1.29 is 9.59 Å². The summed E-state index contributed by atoms with van der Waals surface area (Å²) in [5, 5.41) is 2.84. The van der Waals surface area contributed by atoms with Crippen molar-refractivity contribution in [2.45, 2.75) is 12.8 Å². The normalized spacial score (nSPS) is 13.2. The molecule has 19 heavy (non-hydrogen) atoms. The molecular weight excluding hydrogens is 238 g/mol. The maximum atomic E-state index is 12.1. The molecule has 0 spiro atoms. The third kappa shape index (κ3) is 2.27. The van der Waals surface area contributed by atoms with E-state index in [2.05, 4.69) is 5.32 Å². The molecule has 0 atom stereocenters. The van der Waals surface area contributed by atoms with Gasteiger partial charge in [0.05, 0.1) is 0 Å². The van der Waals surface area contributed by atoms with Gasteiger partial charge in [-0.2, -0.15) is 0 Å². The SMILES string of the molecule is O=C(Nc1ccccc1)c1ccc2c(c1)CCC2=O. The minimum atomic E-state index is -0.145. The van der Waals surface area contributed by atoms with Crippen LogP contribution in [0.25, 0.3) is 0 Å². The Morgan fingerprint density at radius 2 is 1.79 bits per heavy atom. The van der Waals surface area contributed by atoms with Crippen molar-refractivity contribution in [3.8, 4) is 0 Å². The molecule has 1 amide bonds. The zero-order chi connectivity index (χ0) is 13.2. The maximum absolute atomic E-state index is 12.1. The summed E-state index contributed by atoms with van der Waals surface area (Å²) in [6.07, 6.45) is 1.29. The second-order valence-electron chi connectivity index (χ2n) is 4.62. The van der Waals surface area contributed by atoms with Gasteiger partial charge in [0.2, 0.25) is 0 Å². The molecule has 0 aliphatic heterocycles. The highest BCUT2D eigenvalue weighted by atomic mass is 16.1. The fourth-order valence-corrected chi connectivity index (χ4v) is 2.32. The number of Topliss-reactive ketones (excluding diaryl/α,β-unsaturated/α-hetero) is 1. The van der Waals surface area contributed by atoms with E-state index in [0.717, 1.165) is 23.2 Å². The Hall–Kier alpha value is -2.42. The average Bonchev–Trinajstić information content (AvgIpc) is 2.81. The largest absolute Gasteiger partial charge is 0.322 e. The van der Waals surface area contributed by atoms with E-state index in [9.17, 15) is 9.59 Å². The fourth-order valence-electron chi connectivity index (χ4n) is 2.32. The molecule has 1 aliphatic rings. The van der Waals surface area contributed by atoms with E-state index in [4.69, 9.17) is 0 Å². The van der Waals surface area contributed by atoms with Crippen LogP contribution < -0.4 is 5.32 Å². The summed E-state index contributed by atoms with van der Waals surface area (Å²) in [7, 11) is 0. The molecule has 0 fully saturated rings. The van der Waals surface area contributed by atoms with Gasteiger partial charge in [0.1, 0.15) is 0 Å². The van der Waals surface area contributed by atoms with Gasteiger partial charge in [-0.05, 0) is 36.2 Å². The summed E-state index contributed by atoms with van der Waals surface area (Å²) in [4.78, 5) is 23.6. The molecule has 3 heteroatoms. The van der Waals surface area contributed by atoms with Gasteiger partial charge in [0.15, 0.2) is 5.78 Å². The Kier molecular flexibility index (Phi) is 2.88. The van der Waals surface area contributed by atoms with E-state index >= 15 is 0 Å². The van der Waals surface area contributed by atoms with Crippen molar-refractivity contribution >= 4 is 17.4 Å². The first-order valence-electron chi connectivity index (χ1n) is 6.26. The molecule has 0 saturated carbocycles. The van der Waals surface area contributed by atoms with E-state index in [-0.39, 0.29) is 11.7 Å². The number of fused-ring (bicyclic) bond motifs is 1. The molecule has 1 N–H and O–H groups in total. The van der Waals surface area contributed by atoms with E-state index in [1.165, 1.54) is 0 Å². The number of nitrogens with one attached hydrogen (secondary N) is 1. The number of rotatable bonds is 2. The van der Waals surface area contributed by atoms with Crippen molar-refractivity contribution in [1.29, 1.82) is 0 Å². The number of hydrogen-bond acceptors (Lipinski definition) is 2. The molecule has 2 aromatic carbocycles. The lowest BCUT2D eigenvalue weighted by Crippen LogP contribution is -2.12. The molecule has 3 nitrogen and oxygen atoms in total. The van der Waals surface area contributed by atoms with Crippen LogP contribution in [-0.4, -0.2) is 11.7 Å². The zero-order valence-electron chi connectivity index (χ0n) is 10.3. The highest BCUT2D eigenvalue weighted by molar-refractivity contribution is 6.06. The fraction of sp³-hybridized carbons (Fsp3) is 0.125. The number of para-hydroxylation sites is 1. The van der Waals surface area contributed by atoms with Gasteiger partial charge < -0.3 is 5.32 Å². The van der Waals surface area contributed by atoms with Crippen LogP contribution in [0.3, 0.4) is 0 Å². The molecule has 3 rings (SSSR count). The van der Waals surface area contributed by atoms with Crippen LogP contribution in [0.15, 0.2) is 48.5 Å². The maximum Gasteiger partial charge on any atom is 0.255 e. The minimum Gasteiger partial charge on any atom is -0.322 e. The lowest BCUT2D eigenvalue weighted by Gasteiger charge is -2.06. The number of aryl methyl sites for hydroxylation is 1. The van der Waals surface area contributed by atoms with Crippen molar-refractivity contribution in [3.63, 3.8) is 0 Å². The summed E-state index contributed by atoms with van der Waals surface area (Å²) in [5.41, 5.74) is 3.10. The lowest BCUT2D eigenvalue weighted by molar-refractivity contribution is 0.0991. The number of carbonyl (C=O) groups is 2. The number of benzene rings is 2. The van der Waals surface area contributed by atoms with Crippen molar-refractivity contribution in [2.75, 3.05) is 5.32 Å². The van der Waals surface area contributed by atoms with Crippen molar-refractivity contribution in [2.24, 2.45) is 0 Å². The first-order valence-corrected chi connectivity index (χ1v) is 6.26. The second kappa shape index (κ2) is 4.69. The Labute approximate surface area is 111 Å². The molecule has 0 bridgehead atoms. The molecule has 94 valence electrons. The van der Waals surface area contributed by atoms with Crippen LogP contribution in [0.1, 0.15) is 32.7 Å². The second-order valence-corrected chi connectivity index (χ2v) is 4.62. The number of amides is 1. The molecule has 0 radical (unpaired) electrons. The van der Waals surface area contributed by atoms with Crippen molar-refractivity contribution in [1.82, 2.24) is 0 Å². The van der Waals surface area contributed by atoms with Gasteiger partial charge in [-0.15, -0.1) is 0 Å². The highest BCUT2D eigenvalue weighted by Crippen LogP contribution is 2.23. The smallest absolute Gasteiger partial charge is 0.255 e. The minimum absolute atomic E-state index is 0.145. The number of ketones is 1. The van der Waals surface area contributed by atoms with E-state index < -0.39 is 0 Å². The van der Waals surface area contributed by atoms with Gasteiger partial charge in [-0.25, -0.2) is 0 Å². The Morgan fingerprint density at radius 3 is 2.58 bits per heavy atom. The van der Waals surface area contributed by atoms with Crippen LogP contribution >= 0.6 is 0 Å². The van der Waals surface area contributed by atoms with Gasteiger partial charge in [0, 0.05) is 23.2 Å². The first kappa shape index (κ1) is 11.7. The predicted octanol–water partition coefficient (Wildman–Crippen LogP) is 3.07. The topological polar surface area (TPSA) is 46.2 Å². The van der Waals surface area contributed by atoms with E-state index in [0.29, 0.717) is 12.0 Å². The predicted molar refractivity (Wildman–Crippen MR) is 73.5 cm³/mol. The first-order chi connectivity index (χ1) is 9.24. The van der Waals surface area contributed by atoms with Gasteiger partial charge in [-0.1, -0.05) is 24.3 Å². The summed E-state index contributed by atoms with van der Waals surface area (Å²) >= 11 is 0. The molecule has 0 heterocycles. The lowest BCUT2D eigenvalue weighted by atomic mass is 10.1. The van der Waals surface area contributed by atoms with Gasteiger partial charge in [-0.3, -0.25) is 9.59 Å². The Balaban J connectivity index is 1.83. The van der Waals surface area contributed by atoms with Crippen LogP contribution in [0.4, 0.5) is 5.69 Å². The highest BCUT2D eigenvalue weighted by Gasteiger charge is 2.20. The Morgan fingerprint density at radius 1 is 1.00 bits per heavy atom. The quantitative estimate of drug-likeness (QED) is 0.891. The number of hydrogen-bond donors (Lipinski definition) is 1. The van der Waals surface area contributed by atoms with Crippen molar-refractivity contribution in [3.05, 3.63) is 65.2 Å². The van der Waals surface area contributed by atoms with Crippen LogP contribution in [0.5, 0.6) is 0 Å². The standard InChI is InChI=1S/C16H13NO2/c18-15-9-7-11-10-12(6-8-14(11)15)16(19)17-13-4-2-1-3-5-13/h1-6,8,10H,7,9H2,(H,17,19). The molecular formula is C16H13NO2. The van der Waals surface area contributed by atoms with E-state index in [1.54, 1.807) is 12.1 Å². The van der Waals surface area contributed by atoms with E-state index in [1.807, 2.05) is 36.4 Å². The van der Waals surface area contributed by atoms with Gasteiger partial charge >= 0.3 is 0 Å². The monoisotopic (exact) mass is 251 g/mol. The third-order valence-corrected chi connectivity index (χ3v) is 3.32. The van der Waals surface area contributed by atoms with Crippen LogP contribution in [0.2, 0.25) is 0 Å². The summed E-state index contributed by atoms with van der Waals surface area (Å²) < 4.78 is 0. The third-order valence-electron chi connectivity index (χ3n) is 3.32. The molecule has 1 aliphatic carbocycles. The number of carbonyl (C=O) groups excluding carboxylic acids is 2. The number of anilines is 1. The van der Waals surface area contributed by atoms with Crippen LogP contribution in [-0.2, 0) is 6.42 Å². The summed E-state index contributed by atoms with van der Waals surface area (Å²) in [6.45, 7) is 0. The molecule has 0 aromatic heterocycles. The molecule has 0 saturated heterocycles.